The summed E-state index contributed by atoms with van der Waals surface area (Å²) in [7, 11) is 0. The molecule has 0 spiro atoms. The molecule has 1 saturated carbocycles. The zero-order valence-corrected chi connectivity index (χ0v) is 12.6. The number of hydrogen-bond donors (Lipinski definition) is 0. The lowest BCUT2D eigenvalue weighted by atomic mass is 10.2. The second kappa shape index (κ2) is 5.75. The van der Waals surface area contributed by atoms with Crippen molar-refractivity contribution in [3.05, 3.63) is 64.4 Å². The SMILES string of the molecule is O=C(c1cccc(Br)n1)N(Cc1ccccc1)C1CC1. The van der Waals surface area contributed by atoms with Crippen molar-refractivity contribution in [1.82, 2.24) is 9.88 Å². The zero-order chi connectivity index (χ0) is 13.9. The Hall–Kier alpha value is -1.68. The molecule has 1 amide bonds. The average Bonchev–Trinajstić information content (AvgIpc) is 3.30. The van der Waals surface area contributed by atoms with Gasteiger partial charge in [-0.05, 0) is 46.5 Å². The quantitative estimate of drug-likeness (QED) is 0.801. The van der Waals surface area contributed by atoms with E-state index in [2.05, 4.69) is 33.0 Å². The van der Waals surface area contributed by atoms with Crippen LogP contribution in [0.15, 0.2) is 53.1 Å². The van der Waals surface area contributed by atoms with E-state index >= 15 is 0 Å². The molecule has 102 valence electrons. The van der Waals surface area contributed by atoms with Crippen molar-refractivity contribution in [2.75, 3.05) is 0 Å². The molecule has 0 saturated heterocycles. The van der Waals surface area contributed by atoms with E-state index in [0.717, 1.165) is 18.4 Å². The van der Waals surface area contributed by atoms with E-state index in [-0.39, 0.29) is 5.91 Å². The van der Waals surface area contributed by atoms with Crippen LogP contribution in [0.25, 0.3) is 0 Å². The first kappa shape index (κ1) is 13.3. The molecule has 0 aliphatic heterocycles. The molecule has 1 heterocycles. The van der Waals surface area contributed by atoms with Gasteiger partial charge in [-0.15, -0.1) is 0 Å². The van der Waals surface area contributed by atoms with Crippen molar-refractivity contribution in [2.45, 2.75) is 25.4 Å². The lowest BCUT2D eigenvalue weighted by Crippen LogP contribution is -2.33. The van der Waals surface area contributed by atoms with Gasteiger partial charge in [0.15, 0.2) is 0 Å². The van der Waals surface area contributed by atoms with Crippen molar-refractivity contribution in [3.8, 4) is 0 Å². The molecular formula is C16H15BrN2O. The summed E-state index contributed by atoms with van der Waals surface area (Å²) in [6.07, 6.45) is 2.18. The minimum absolute atomic E-state index is 0.0117. The predicted molar refractivity (Wildman–Crippen MR) is 81.3 cm³/mol. The third-order valence-corrected chi connectivity index (χ3v) is 3.82. The molecule has 3 nitrogen and oxygen atoms in total. The number of pyridine rings is 1. The maximum atomic E-state index is 12.6. The summed E-state index contributed by atoms with van der Waals surface area (Å²) in [6, 6.07) is 15.9. The molecule has 1 aliphatic carbocycles. The molecular weight excluding hydrogens is 316 g/mol. The fourth-order valence-electron chi connectivity index (χ4n) is 2.21. The third kappa shape index (κ3) is 3.07. The van der Waals surface area contributed by atoms with E-state index in [9.17, 15) is 4.79 Å². The number of carbonyl (C=O) groups excluding carboxylic acids is 1. The topological polar surface area (TPSA) is 33.2 Å². The molecule has 20 heavy (non-hydrogen) atoms. The van der Waals surface area contributed by atoms with E-state index < -0.39 is 0 Å². The van der Waals surface area contributed by atoms with Crippen LogP contribution in [-0.4, -0.2) is 21.8 Å². The Morgan fingerprint density at radius 1 is 1.15 bits per heavy atom. The summed E-state index contributed by atoms with van der Waals surface area (Å²) < 4.78 is 0.693. The molecule has 0 N–H and O–H groups in total. The Morgan fingerprint density at radius 2 is 1.90 bits per heavy atom. The van der Waals surface area contributed by atoms with E-state index in [0.29, 0.717) is 22.9 Å². The number of halogens is 1. The molecule has 3 rings (SSSR count). The highest BCUT2D eigenvalue weighted by Gasteiger charge is 2.33. The Kier molecular flexibility index (Phi) is 3.83. The fraction of sp³-hybridized carbons (Fsp3) is 0.250. The van der Waals surface area contributed by atoms with E-state index in [4.69, 9.17) is 0 Å². The van der Waals surface area contributed by atoms with Crippen LogP contribution >= 0.6 is 15.9 Å². The first-order valence-electron chi connectivity index (χ1n) is 6.71. The standard InChI is InChI=1S/C16H15BrN2O/c17-15-8-4-7-14(18-15)16(20)19(13-9-10-13)11-12-5-2-1-3-6-12/h1-8,13H,9-11H2. The Balaban J connectivity index is 1.82. The highest BCUT2D eigenvalue weighted by Crippen LogP contribution is 2.29. The van der Waals surface area contributed by atoms with Crippen molar-refractivity contribution in [1.29, 1.82) is 0 Å². The number of rotatable bonds is 4. The Bertz CT molecular complexity index is 611. The van der Waals surface area contributed by atoms with Crippen molar-refractivity contribution >= 4 is 21.8 Å². The Labute approximate surface area is 126 Å². The van der Waals surface area contributed by atoms with E-state index in [1.54, 1.807) is 6.07 Å². The first-order chi connectivity index (χ1) is 9.74. The minimum atomic E-state index is 0.0117. The summed E-state index contributed by atoms with van der Waals surface area (Å²) in [5, 5.41) is 0. The number of benzene rings is 1. The van der Waals surface area contributed by atoms with Gasteiger partial charge in [-0.1, -0.05) is 36.4 Å². The van der Waals surface area contributed by atoms with Gasteiger partial charge in [0.25, 0.3) is 5.91 Å². The Morgan fingerprint density at radius 3 is 2.55 bits per heavy atom. The molecule has 0 bridgehead atoms. The minimum Gasteiger partial charge on any atom is -0.330 e. The summed E-state index contributed by atoms with van der Waals surface area (Å²) in [4.78, 5) is 18.8. The van der Waals surface area contributed by atoms with Gasteiger partial charge in [-0.25, -0.2) is 4.98 Å². The molecule has 2 aromatic rings. The lowest BCUT2D eigenvalue weighted by molar-refractivity contribution is 0.0723. The van der Waals surface area contributed by atoms with Crippen LogP contribution < -0.4 is 0 Å². The fourth-order valence-corrected chi connectivity index (χ4v) is 2.55. The molecule has 1 aliphatic rings. The summed E-state index contributed by atoms with van der Waals surface area (Å²) in [5.41, 5.74) is 1.66. The second-order valence-corrected chi connectivity index (χ2v) is 5.81. The van der Waals surface area contributed by atoms with Crippen LogP contribution in [0.2, 0.25) is 0 Å². The van der Waals surface area contributed by atoms with Gasteiger partial charge < -0.3 is 4.90 Å². The smallest absolute Gasteiger partial charge is 0.273 e. The van der Waals surface area contributed by atoms with Crippen LogP contribution in [0, 0.1) is 0 Å². The van der Waals surface area contributed by atoms with Crippen LogP contribution in [-0.2, 0) is 6.54 Å². The highest BCUT2D eigenvalue weighted by molar-refractivity contribution is 9.10. The van der Waals surface area contributed by atoms with Gasteiger partial charge >= 0.3 is 0 Å². The third-order valence-electron chi connectivity index (χ3n) is 3.38. The van der Waals surface area contributed by atoms with Gasteiger partial charge in [0, 0.05) is 12.6 Å². The number of amides is 1. The largest absolute Gasteiger partial charge is 0.330 e. The highest BCUT2D eigenvalue weighted by atomic mass is 79.9. The second-order valence-electron chi connectivity index (χ2n) is 5.00. The van der Waals surface area contributed by atoms with E-state index in [1.807, 2.05) is 35.2 Å². The predicted octanol–water partition coefficient (Wildman–Crippen LogP) is 3.65. The van der Waals surface area contributed by atoms with E-state index in [1.165, 1.54) is 0 Å². The summed E-state index contributed by atoms with van der Waals surface area (Å²) in [5.74, 6) is 0.0117. The van der Waals surface area contributed by atoms with Gasteiger partial charge in [-0.2, -0.15) is 0 Å². The molecule has 0 unspecified atom stereocenters. The molecule has 1 aromatic heterocycles. The van der Waals surface area contributed by atoms with Gasteiger partial charge in [0.2, 0.25) is 0 Å². The summed E-state index contributed by atoms with van der Waals surface area (Å²) in [6.45, 7) is 0.651. The van der Waals surface area contributed by atoms with Crippen LogP contribution in [0.4, 0.5) is 0 Å². The first-order valence-corrected chi connectivity index (χ1v) is 7.51. The molecule has 4 heteroatoms. The van der Waals surface area contributed by atoms with Crippen molar-refractivity contribution in [3.63, 3.8) is 0 Å². The van der Waals surface area contributed by atoms with Gasteiger partial charge in [0.1, 0.15) is 10.3 Å². The molecule has 0 atom stereocenters. The van der Waals surface area contributed by atoms with Gasteiger partial charge in [-0.3, -0.25) is 4.79 Å². The normalized spacial score (nSPS) is 14.1. The van der Waals surface area contributed by atoms with Crippen LogP contribution in [0.3, 0.4) is 0 Å². The van der Waals surface area contributed by atoms with Crippen molar-refractivity contribution in [2.24, 2.45) is 0 Å². The van der Waals surface area contributed by atoms with Crippen LogP contribution in [0.5, 0.6) is 0 Å². The number of aromatic nitrogens is 1. The summed E-state index contributed by atoms with van der Waals surface area (Å²) >= 11 is 3.32. The van der Waals surface area contributed by atoms with Crippen LogP contribution in [0.1, 0.15) is 28.9 Å². The number of nitrogens with zero attached hydrogens (tertiary/aromatic N) is 2. The molecule has 1 aromatic carbocycles. The van der Waals surface area contributed by atoms with Crippen molar-refractivity contribution < 1.29 is 4.79 Å². The zero-order valence-electron chi connectivity index (χ0n) is 11.0. The monoisotopic (exact) mass is 330 g/mol. The van der Waals surface area contributed by atoms with Gasteiger partial charge in [0.05, 0.1) is 0 Å². The maximum Gasteiger partial charge on any atom is 0.273 e. The number of carbonyl (C=O) groups is 1. The number of hydrogen-bond acceptors (Lipinski definition) is 2. The molecule has 0 radical (unpaired) electrons. The maximum absolute atomic E-state index is 12.6. The molecule has 1 fully saturated rings. The lowest BCUT2D eigenvalue weighted by Gasteiger charge is -2.22. The average molecular weight is 331 g/mol.